The van der Waals surface area contributed by atoms with E-state index in [4.69, 9.17) is 0 Å². The second kappa shape index (κ2) is 3.90. The van der Waals surface area contributed by atoms with Gasteiger partial charge in [0, 0.05) is 4.47 Å². The highest BCUT2D eigenvalue weighted by atomic mass is 79.9. The van der Waals surface area contributed by atoms with E-state index in [0.717, 1.165) is 4.47 Å². The van der Waals surface area contributed by atoms with Gasteiger partial charge in [0.1, 0.15) is 0 Å². The van der Waals surface area contributed by atoms with Crippen LogP contribution in [0.2, 0.25) is 0 Å². The van der Waals surface area contributed by atoms with Crippen molar-refractivity contribution < 1.29 is 0 Å². The van der Waals surface area contributed by atoms with Crippen LogP contribution in [0.4, 0.5) is 0 Å². The van der Waals surface area contributed by atoms with Crippen LogP contribution in [0.1, 0.15) is 25.0 Å². The summed E-state index contributed by atoms with van der Waals surface area (Å²) < 4.78 is 1.11. The zero-order valence-corrected chi connectivity index (χ0v) is 8.98. The molecule has 1 rings (SSSR count). The SMILES string of the molecule is C=Cc1c(Br)cccc1[C](C)C. The Bertz CT molecular complexity index is 287. The van der Waals surface area contributed by atoms with Gasteiger partial charge in [0.15, 0.2) is 0 Å². The van der Waals surface area contributed by atoms with Crippen molar-refractivity contribution >= 4 is 22.0 Å². The molecule has 0 aliphatic carbocycles. The first-order valence-electron chi connectivity index (χ1n) is 3.88. The minimum absolute atomic E-state index is 1.11. The zero-order chi connectivity index (χ0) is 9.14. The Morgan fingerprint density at radius 2 is 2.08 bits per heavy atom. The van der Waals surface area contributed by atoms with Crippen molar-refractivity contribution in [3.05, 3.63) is 46.3 Å². The van der Waals surface area contributed by atoms with Crippen molar-refractivity contribution in [2.75, 3.05) is 0 Å². The predicted octanol–water partition coefficient (Wildman–Crippen LogP) is 4.05. The zero-order valence-electron chi connectivity index (χ0n) is 7.39. The lowest BCUT2D eigenvalue weighted by Crippen LogP contribution is -1.92. The highest BCUT2D eigenvalue weighted by molar-refractivity contribution is 9.10. The smallest absolute Gasteiger partial charge is 0.0250 e. The molecule has 0 aliphatic heterocycles. The highest BCUT2D eigenvalue weighted by Crippen LogP contribution is 2.26. The fraction of sp³-hybridized carbons (Fsp3) is 0.182. The van der Waals surface area contributed by atoms with E-state index < -0.39 is 0 Å². The van der Waals surface area contributed by atoms with Crippen molar-refractivity contribution in [1.29, 1.82) is 0 Å². The molecule has 0 amide bonds. The highest BCUT2D eigenvalue weighted by Gasteiger charge is 2.06. The molecule has 0 aromatic heterocycles. The molecule has 0 saturated carbocycles. The molecular formula is C11H12Br. The third-order valence-electron chi connectivity index (χ3n) is 1.80. The molecule has 0 N–H and O–H groups in total. The maximum Gasteiger partial charge on any atom is 0.0250 e. The van der Waals surface area contributed by atoms with Gasteiger partial charge in [-0.2, -0.15) is 0 Å². The topological polar surface area (TPSA) is 0 Å². The monoisotopic (exact) mass is 223 g/mol. The first-order chi connectivity index (χ1) is 5.66. The van der Waals surface area contributed by atoms with Crippen LogP contribution in [-0.2, 0) is 0 Å². The van der Waals surface area contributed by atoms with Crippen molar-refractivity contribution in [2.45, 2.75) is 13.8 Å². The quantitative estimate of drug-likeness (QED) is 0.710. The minimum Gasteiger partial charge on any atom is -0.0984 e. The van der Waals surface area contributed by atoms with Crippen molar-refractivity contribution in [1.82, 2.24) is 0 Å². The van der Waals surface area contributed by atoms with Gasteiger partial charge >= 0.3 is 0 Å². The average Bonchev–Trinajstić information content (AvgIpc) is 2.03. The summed E-state index contributed by atoms with van der Waals surface area (Å²) in [5.74, 6) is 1.31. The van der Waals surface area contributed by atoms with Crippen LogP contribution in [0.25, 0.3) is 6.08 Å². The summed E-state index contributed by atoms with van der Waals surface area (Å²) in [5, 5.41) is 0. The second-order valence-electron chi connectivity index (χ2n) is 2.91. The Kier molecular flexibility index (Phi) is 3.10. The minimum atomic E-state index is 1.11. The molecule has 0 saturated heterocycles. The van der Waals surface area contributed by atoms with Crippen molar-refractivity contribution in [3.63, 3.8) is 0 Å². The van der Waals surface area contributed by atoms with Gasteiger partial charge in [-0.05, 0) is 23.1 Å². The van der Waals surface area contributed by atoms with Crippen LogP contribution >= 0.6 is 15.9 Å². The summed E-state index contributed by atoms with van der Waals surface area (Å²) in [6.07, 6.45) is 1.88. The summed E-state index contributed by atoms with van der Waals surface area (Å²) in [7, 11) is 0. The van der Waals surface area contributed by atoms with Gasteiger partial charge in [-0.1, -0.05) is 54.6 Å². The summed E-state index contributed by atoms with van der Waals surface area (Å²) in [4.78, 5) is 0. The first kappa shape index (κ1) is 9.53. The summed E-state index contributed by atoms with van der Waals surface area (Å²) >= 11 is 3.49. The van der Waals surface area contributed by atoms with Gasteiger partial charge < -0.3 is 0 Å². The molecule has 0 unspecified atom stereocenters. The Hall–Kier alpha value is -0.560. The molecule has 0 bridgehead atoms. The Labute approximate surface area is 82.4 Å². The lowest BCUT2D eigenvalue weighted by molar-refractivity contribution is 1.14. The van der Waals surface area contributed by atoms with Gasteiger partial charge in [-0.3, -0.25) is 0 Å². The maximum atomic E-state index is 3.79. The molecule has 0 atom stereocenters. The number of hydrogen-bond donors (Lipinski definition) is 0. The van der Waals surface area contributed by atoms with Gasteiger partial charge in [0.2, 0.25) is 0 Å². The molecular weight excluding hydrogens is 212 g/mol. The van der Waals surface area contributed by atoms with Crippen LogP contribution in [0.15, 0.2) is 29.3 Å². The van der Waals surface area contributed by atoms with Gasteiger partial charge in [0.05, 0.1) is 0 Å². The Balaban J connectivity index is 3.27. The van der Waals surface area contributed by atoms with E-state index >= 15 is 0 Å². The van der Waals surface area contributed by atoms with Crippen molar-refractivity contribution in [2.24, 2.45) is 0 Å². The molecule has 0 spiro atoms. The molecule has 0 aliphatic rings. The molecule has 0 fully saturated rings. The van der Waals surface area contributed by atoms with Gasteiger partial charge in [0.25, 0.3) is 0 Å². The molecule has 0 heterocycles. The Morgan fingerprint density at radius 1 is 1.42 bits per heavy atom. The summed E-state index contributed by atoms with van der Waals surface area (Å²) in [6.45, 7) is 8.00. The lowest BCUT2D eigenvalue weighted by Gasteiger charge is -2.10. The first-order valence-corrected chi connectivity index (χ1v) is 4.67. The van der Waals surface area contributed by atoms with Gasteiger partial charge in [-0.15, -0.1) is 0 Å². The standard InChI is InChI=1S/C11H12Br/c1-4-9-10(8(2)3)6-5-7-11(9)12/h4-7H,1H2,2-3H3. The number of benzene rings is 1. The second-order valence-corrected chi connectivity index (χ2v) is 3.76. The molecule has 12 heavy (non-hydrogen) atoms. The normalized spacial score (nSPS) is 10.3. The average molecular weight is 224 g/mol. The van der Waals surface area contributed by atoms with E-state index in [1.54, 1.807) is 0 Å². The maximum absolute atomic E-state index is 3.79. The van der Waals surface area contributed by atoms with E-state index in [9.17, 15) is 0 Å². The molecule has 1 aromatic carbocycles. The van der Waals surface area contributed by atoms with Crippen LogP contribution < -0.4 is 0 Å². The molecule has 63 valence electrons. The van der Waals surface area contributed by atoms with Crippen LogP contribution in [0.3, 0.4) is 0 Å². The number of rotatable bonds is 2. The van der Waals surface area contributed by atoms with Crippen LogP contribution in [0.5, 0.6) is 0 Å². The van der Waals surface area contributed by atoms with Crippen molar-refractivity contribution in [3.8, 4) is 0 Å². The van der Waals surface area contributed by atoms with E-state index in [1.807, 2.05) is 18.2 Å². The van der Waals surface area contributed by atoms with E-state index in [-0.39, 0.29) is 0 Å². The molecule has 1 heteroatoms. The lowest BCUT2D eigenvalue weighted by atomic mass is 9.97. The Morgan fingerprint density at radius 3 is 2.50 bits per heavy atom. The van der Waals surface area contributed by atoms with Crippen LogP contribution in [-0.4, -0.2) is 0 Å². The third kappa shape index (κ3) is 1.78. The number of halogens is 1. The van der Waals surface area contributed by atoms with Crippen LogP contribution in [0, 0.1) is 5.92 Å². The third-order valence-corrected chi connectivity index (χ3v) is 2.49. The van der Waals surface area contributed by atoms with E-state index in [0.29, 0.717) is 0 Å². The fourth-order valence-corrected chi connectivity index (χ4v) is 1.71. The summed E-state index contributed by atoms with van der Waals surface area (Å²) in [6, 6.07) is 6.18. The largest absolute Gasteiger partial charge is 0.0984 e. The van der Waals surface area contributed by atoms with E-state index in [1.165, 1.54) is 17.0 Å². The fourth-order valence-electron chi connectivity index (χ4n) is 1.18. The van der Waals surface area contributed by atoms with Gasteiger partial charge in [-0.25, -0.2) is 0 Å². The van der Waals surface area contributed by atoms with E-state index in [2.05, 4.69) is 42.4 Å². The molecule has 0 nitrogen and oxygen atoms in total. The predicted molar refractivity (Wildman–Crippen MR) is 57.9 cm³/mol. The molecule has 1 radical (unpaired) electrons. The summed E-state index contributed by atoms with van der Waals surface area (Å²) in [5.41, 5.74) is 2.44. The molecule has 1 aromatic rings. The number of hydrogen-bond acceptors (Lipinski definition) is 0.